The van der Waals surface area contributed by atoms with Crippen LogP contribution in [0.4, 0.5) is 0 Å². The lowest BCUT2D eigenvalue weighted by Gasteiger charge is -2.16. The average Bonchev–Trinajstić information content (AvgIpc) is 3.53. The molecule has 0 aliphatic rings. The number of methoxy groups -OCH3 is 1. The lowest BCUT2D eigenvalue weighted by atomic mass is 10.1. The van der Waals surface area contributed by atoms with Crippen LogP contribution in [0.25, 0.3) is 11.0 Å². The molecule has 7 nitrogen and oxygen atoms in total. The Balaban J connectivity index is 1.39. The van der Waals surface area contributed by atoms with Gasteiger partial charge in [-0.1, -0.05) is 24.3 Å². The van der Waals surface area contributed by atoms with Crippen molar-refractivity contribution in [1.29, 1.82) is 0 Å². The molecule has 0 aliphatic carbocycles. The minimum absolute atomic E-state index is 0.262. The number of amides is 1. The van der Waals surface area contributed by atoms with Crippen molar-refractivity contribution < 1.29 is 18.7 Å². The molecular formula is C28H31N3O4. The van der Waals surface area contributed by atoms with Gasteiger partial charge in [0.15, 0.2) is 17.3 Å². The first-order chi connectivity index (χ1) is 17.1. The Hall–Kier alpha value is -4.00. The quantitative estimate of drug-likeness (QED) is 0.210. The fourth-order valence-electron chi connectivity index (χ4n) is 4.08. The number of hydrogen-bond donors (Lipinski definition) is 1. The zero-order valence-corrected chi connectivity index (χ0v) is 20.2. The van der Waals surface area contributed by atoms with Crippen molar-refractivity contribution in [2.24, 2.45) is 0 Å². The molecule has 0 saturated carbocycles. The summed E-state index contributed by atoms with van der Waals surface area (Å²) in [6, 6.07) is 17.0. The van der Waals surface area contributed by atoms with Crippen LogP contribution in [0.3, 0.4) is 0 Å². The number of ether oxygens (including phenoxy) is 2. The summed E-state index contributed by atoms with van der Waals surface area (Å²) in [5.74, 6) is 2.30. The van der Waals surface area contributed by atoms with Gasteiger partial charge in [0.2, 0.25) is 0 Å². The molecule has 0 radical (unpaired) electrons. The zero-order valence-electron chi connectivity index (χ0n) is 20.2. The van der Waals surface area contributed by atoms with Gasteiger partial charge >= 0.3 is 0 Å². The number of allylic oxidation sites excluding steroid dienone is 1. The summed E-state index contributed by atoms with van der Waals surface area (Å²) >= 11 is 0. The van der Waals surface area contributed by atoms with Crippen molar-refractivity contribution in [3.8, 4) is 11.5 Å². The van der Waals surface area contributed by atoms with E-state index in [9.17, 15) is 4.79 Å². The lowest BCUT2D eigenvalue weighted by Crippen LogP contribution is -2.28. The molecule has 182 valence electrons. The van der Waals surface area contributed by atoms with Crippen LogP contribution < -0.4 is 14.8 Å². The minimum atomic E-state index is -0.283. The number of para-hydroxylation sites is 2. The molecule has 1 N–H and O–H groups in total. The van der Waals surface area contributed by atoms with Gasteiger partial charge in [0.05, 0.1) is 37.1 Å². The topological polar surface area (TPSA) is 78.5 Å². The van der Waals surface area contributed by atoms with Gasteiger partial charge in [0.1, 0.15) is 5.82 Å². The van der Waals surface area contributed by atoms with E-state index in [-0.39, 0.29) is 17.7 Å². The highest BCUT2D eigenvalue weighted by Gasteiger charge is 2.20. The van der Waals surface area contributed by atoms with Crippen molar-refractivity contribution in [3.05, 3.63) is 90.7 Å². The first-order valence-electron chi connectivity index (χ1n) is 11.8. The van der Waals surface area contributed by atoms with Crippen LogP contribution in [0.2, 0.25) is 0 Å². The molecule has 2 aromatic heterocycles. The molecule has 0 spiro atoms. The van der Waals surface area contributed by atoms with E-state index >= 15 is 0 Å². The number of carbonyl (C=O) groups is 1. The highest BCUT2D eigenvalue weighted by atomic mass is 16.5. The fourth-order valence-corrected chi connectivity index (χ4v) is 4.08. The summed E-state index contributed by atoms with van der Waals surface area (Å²) in [5, 5.41) is 2.99. The first-order valence-corrected chi connectivity index (χ1v) is 11.8. The molecule has 0 saturated heterocycles. The Kier molecular flexibility index (Phi) is 7.88. The van der Waals surface area contributed by atoms with Gasteiger partial charge in [-0.2, -0.15) is 0 Å². The number of nitrogens with one attached hydrogen (secondary N) is 1. The third-order valence-electron chi connectivity index (χ3n) is 5.81. The number of carbonyl (C=O) groups excluding carboxylic acids is 1. The fraction of sp³-hybridized carbons (Fsp3) is 0.286. The van der Waals surface area contributed by atoms with Gasteiger partial charge < -0.3 is 23.8 Å². The molecule has 1 amide bonds. The number of benzene rings is 2. The largest absolute Gasteiger partial charge is 0.493 e. The summed E-state index contributed by atoms with van der Waals surface area (Å²) in [6.07, 6.45) is 5.90. The molecule has 0 bridgehead atoms. The molecule has 4 rings (SSSR count). The van der Waals surface area contributed by atoms with Gasteiger partial charge in [-0.15, -0.1) is 6.58 Å². The van der Waals surface area contributed by atoms with Crippen molar-refractivity contribution >= 4 is 16.9 Å². The number of hydrogen-bond acceptors (Lipinski definition) is 5. The molecule has 1 atom stereocenters. The van der Waals surface area contributed by atoms with Crippen LogP contribution >= 0.6 is 0 Å². The van der Waals surface area contributed by atoms with Crippen LogP contribution in [0.15, 0.2) is 77.9 Å². The standard InChI is InChI=1S/C28H31N3O4/c1-4-10-21-14-15-24(26(19-21)33-3)34-17-8-7-16-31-23-12-6-5-11-22(23)30-27(31)20(2)29-28(32)25-13-9-18-35-25/h4-6,9,11-15,18-20H,1,7-8,10,16-17H2,2-3H3,(H,29,32). The van der Waals surface area contributed by atoms with Gasteiger partial charge in [0.25, 0.3) is 5.91 Å². The minimum Gasteiger partial charge on any atom is -0.493 e. The van der Waals surface area contributed by atoms with E-state index in [0.29, 0.717) is 6.61 Å². The van der Waals surface area contributed by atoms with Gasteiger partial charge in [0, 0.05) is 6.54 Å². The van der Waals surface area contributed by atoms with E-state index in [4.69, 9.17) is 18.9 Å². The second kappa shape index (κ2) is 11.4. The van der Waals surface area contributed by atoms with Crippen LogP contribution in [-0.2, 0) is 13.0 Å². The Morgan fingerprint density at radius 3 is 2.80 bits per heavy atom. The number of rotatable bonds is 12. The lowest BCUT2D eigenvalue weighted by molar-refractivity contribution is 0.0909. The Labute approximate surface area is 205 Å². The summed E-state index contributed by atoms with van der Waals surface area (Å²) in [7, 11) is 1.65. The monoisotopic (exact) mass is 473 g/mol. The number of aryl methyl sites for hydroxylation is 1. The van der Waals surface area contributed by atoms with E-state index in [1.165, 1.54) is 6.26 Å². The molecule has 2 heterocycles. The van der Waals surface area contributed by atoms with E-state index < -0.39 is 0 Å². The van der Waals surface area contributed by atoms with Crippen molar-refractivity contribution in [3.63, 3.8) is 0 Å². The number of aromatic nitrogens is 2. The molecule has 7 heteroatoms. The number of unbranched alkanes of at least 4 members (excludes halogenated alkanes) is 1. The van der Waals surface area contributed by atoms with Gasteiger partial charge in [-0.25, -0.2) is 4.98 Å². The zero-order chi connectivity index (χ0) is 24.6. The van der Waals surface area contributed by atoms with E-state index in [1.807, 2.05) is 49.4 Å². The molecule has 0 aliphatic heterocycles. The Morgan fingerprint density at radius 2 is 2.03 bits per heavy atom. The second-order valence-electron chi connectivity index (χ2n) is 8.32. The molecular weight excluding hydrogens is 442 g/mol. The highest BCUT2D eigenvalue weighted by Crippen LogP contribution is 2.29. The van der Waals surface area contributed by atoms with E-state index in [1.54, 1.807) is 19.2 Å². The van der Waals surface area contributed by atoms with Gasteiger partial charge in [-0.05, 0) is 68.1 Å². The maximum absolute atomic E-state index is 12.5. The molecule has 4 aromatic rings. The first kappa shape index (κ1) is 24.1. The molecule has 2 aromatic carbocycles. The van der Waals surface area contributed by atoms with Crippen LogP contribution in [0.5, 0.6) is 11.5 Å². The third kappa shape index (κ3) is 5.74. The Morgan fingerprint density at radius 1 is 1.17 bits per heavy atom. The maximum atomic E-state index is 12.5. The van der Waals surface area contributed by atoms with Crippen molar-refractivity contribution in [1.82, 2.24) is 14.9 Å². The summed E-state index contributed by atoms with van der Waals surface area (Å²) < 4.78 is 18.9. The molecule has 1 unspecified atom stereocenters. The average molecular weight is 474 g/mol. The summed E-state index contributed by atoms with van der Waals surface area (Å²) in [5.41, 5.74) is 3.08. The number of nitrogens with zero attached hydrogens (tertiary/aromatic N) is 2. The number of fused-ring (bicyclic) bond motifs is 1. The van der Waals surface area contributed by atoms with Gasteiger partial charge in [-0.3, -0.25) is 4.79 Å². The molecule has 0 fully saturated rings. The second-order valence-corrected chi connectivity index (χ2v) is 8.32. The SMILES string of the molecule is C=CCc1ccc(OCCCCn2c(C(C)NC(=O)c3ccco3)nc3ccccc32)c(OC)c1. The van der Waals surface area contributed by atoms with Crippen molar-refractivity contribution in [2.75, 3.05) is 13.7 Å². The summed E-state index contributed by atoms with van der Waals surface area (Å²) in [4.78, 5) is 17.3. The summed E-state index contributed by atoms with van der Waals surface area (Å²) in [6.45, 7) is 7.05. The Bertz CT molecular complexity index is 1280. The predicted octanol–water partition coefficient (Wildman–Crippen LogP) is 5.72. The number of furan rings is 1. The van der Waals surface area contributed by atoms with Crippen LogP contribution in [-0.4, -0.2) is 29.2 Å². The third-order valence-corrected chi connectivity index (χ3v) is 5.81. The normalized spacial score (nSPS) is 11.8. The maximum Gasteiger partial charge on any atom is 0.287 e. The smallest absolute Gasteiger partial charge is 0.287 e. The van der Waals surface area contributed by atoms with E-state index in [2.05, 4.69) is 22.5 Å². The van der Waals surface area contributed by atoms with Crippen molar-refractivity contribution in [2.45, 2.75) is 38.8 Å². The highest BCUT2D eigenvalue weighted by molar-refractivity contribution is 5.91. The van der Waals surface area contributed by atoms with E-state index in [0.717, 1.165) is 59.7 Å². The van der Waals surface area contributed by atoms with Crippen LogP contribution in [0.1, 0.15) is 47.7 Å². The molecule has 35 heavy (non-hydrogen) atoms. The number of imidazole rings is 1. The predicted molar refractivity (Wildman–Crippen MR) is 136 cm³/mol. The van der Waals surface area contributed by atoms with Crippen LogP contribution in [0, 0.1) is 0 Å².